The van der Waals surface area contributed by atoms with Crippen LogP contribution in [-0.2, 0) is 6.18 Å². The van der Waals surface area contributed by atoms with Gasteiger partial charge in [-0.1, -0.05) is 11.6 Å². The monoisotopic (exact) mass is 482 g/mol. The summed E-state index contributed by atoms with van der Waals surface area (Å²) in [5.41, 5.74) is -1.88. The maximum atomic E-state index is 14.6. The first kappa shape index (κ1) is 22.8. The third-order valence-corrected chi connectivity index (χ3v) is 5.19. The molecule has 4 rings (SSSR count). The van der Waals surface area contributed by atoms with Gasteiger partial charge in [-0.3, -0.25) is 14.8 Å². The van der Waals surface area contributed by atoms with E-state index in [1.165, 1.54) is 12.3 Å². The molecule has 1 aliphatic heterocycles. The van der Waals surface area contributed by atoms with E-state index in [-0.39, 0.29) is 47.5 Å². The summed E-state index contributed by atoms with van der Waals surface area (Å²) in [5.74, 6) is -1.67. The highest BCUT2D eigenvalue weighted by Crippen LogP contribution is 2.41. The van der Waals surface area contributed by atoms with Gasteiger partial charge in [0.2, 0.25) is 5.82 Å². The van der Waals surface area contributed by atoms with Crippen LogP contribution in [0.4, 0.5) is 17.6 Å². The number of rotatable bonds is 4. The second kappa shape index (κ2) is 8.52. The first-order chi connectivity index (χ1) is 15.6. The molecule has 13 heteroatoms. The average Bonchev–Trinajstić information content (AvgIpc) is 3.17. The number of aliphatic imine (C=N–C) groups is 1. The lowest BCUT2D eigenvalue weighted by Gasteiger charge is -2.17. The Kier molecular flexibility index (Phi) is 5.89. The molecular weight excluding hydrogens is 468 g/mol. The van der Waals surface area contributed by atoms with E-state index in [9.17, 15) is 22.4 Å². The number of hydrogen-bond acceptors (Lipinski definition) is 6. The van der Waals surface area contributed by atoms with Crippen LogP contribution in [0.2, 0.25) is 5.02 Å². The van der Waals surface area contributed by atoms with Crippen molar-refractivity contribution in [3.63, 3.8) is 0 Å². The lowest BCUT2D eigenvalue weighted by Crippen LogP contribution is -2.27. The fourth-order valence-electron chi connectivity index (χ4n) is 3.36. The van der Waals surface area contributed by atoms with E-state index >= 15 is 0 Å². The quantitative estimate of drug-likeness (QED) is 0.556. The number of alkyl halides is 3. The number of aliphatic hydroxyl groups is 1. The van der Waals surface area contributed by atoms with Crippen molar-refractivity contribution >= 4 is 23.2 Å². The second-order valence-electron chi connectivity index (χ2n) is 6.99. The Morgan fingerprint density at radius 3 is 2.73 bits per heavy atom. The zero-order valence-corrected chi connectivity index (χ0v) is 17.6. The standard InChI is InChI=1S/C20H15ClF4N6O2/c1-9-18-29-17(19(33)27-7-8-32)30-31(18)12-5-4-10(20(23,24)25)14(21)13(12)16(28-9)15-11(22)3-2-6-26-15/h2-6,9,32H,7-8H2,1H3,(H,27,33)/t9-/m0/s1. The molecule has 2 aromatic heterocycles. The molecule has 0 fully saturated rings. The average molecular weight is 483 g/mol. The minimum Gasteiger partial charge on any atom is -0.395 e. The van der Waals surface area contributed by atoms with Crippen molar-refractivity contribution in [3.8, 4) is 5.69 Å². The predicted octanol–water partition coefficient (Wildman–Crippen LogP) is 3.11. The number of carbonyl (C=O) groups excluding carboxylic acids is 1. The Bertz CT molecular complexity index is 1270. The number of aliphatic hydroxyl groups excluding tert-OH is 1. The zero-order valence-electron chi connectivity index (χ0n) is 16.9. The predicted molar refractivity (Wildman–Crippen MR) is 109 cm³/mol. The third kappa shape index (κ3) is 4.07. The van der Waals surface area contributed by atoms with E-state index in [1.807, 2.05) is 0 Å². The van der Waals surface area contributed by atoms with E-state index < -0.39 is 34.5 Å². The Balaban J connectivity index is 2.00. The van der Waals surface area contributed by atoms with Crippen LogP contribution < -0.4 is 5.32 Å². The SMILES string of the molecule is C[C@@H]1N=C(c2ncccc2F)c2c(ccc(C(F)(F)F)c2Cl)-n2nc(C(=O)NCCO)nc21. The fraction of sp³-hybridized carbons (Fsp3) is 0.250. The van der Waals surface area contributed by atoms with Crippen molar-refractivity contribution < 1.29 is 27.5 Å². The number of benzene rings is 1. The molecule has 1 aliphatic rings. The van der Waals surface area contributed by atoms with E-state index in [4.69, 9.17) is 16.7 Å². The molecule has 0 spiro atoms. The number of halogens is 5. The lowest BCUT2D eigenvalue weighted by atomic mass is 10.0. The van der Waals surface area contributed by atoms with Crippen molar-refractivity contribution in [3.05, 3.63) is 69.8 Å². The van der Waals surface area contributed by atoms with Gasteiger partial charge in [-0.2, -0.15) is 13.2 Å². The molecule has 3 heterocycles. The topological polar surface area (TPSA) is 105 Å². The van der Waals surface area contributed by atoms with E-state index in [0.717, 1.165) is 22.9 Å². The van der Waals surface area contributed by atoms with E-state index in [0.29, 0.717) is 0 Å². The van der Waals surface area contributed by atoms with Crippen LogP contribution in [0.15, 0.2) is 35.5 Å². The fourth-order valence-corrected chi connectivity index (χ4v) is 3.71. The Morgan fingerprint density at radius 1 is 1.30 bits per heavy atom. The highest BCUT2D eigenvalue weighted by atomic mass is 35.5. The number of hydrogen-bond donors (Lipinski definition) is 2. The van der Waals surface area contributed by atoms with Gasteiger partial charge in [0.15, 0.2) is 11.6 Å². The molecule has 0 saturated carbocycles. The molecule has 1 atom stereocenters. The molecule has 0 unspecified atom stereocenters. The Hall–Kier alpha value is -3.38. The molecule has 0 bridgehead atoms. The first-order valence-corrected chi connectivity index (χ1v) is 9.96. The molecule has 33 heavy (non-hydrogen) atoms. The van der Waals surface area contributed by atoms with Gasteiger partial charge >= 0.3 is 6.18 Å². The number of aromatic nitrogens is 4. The van der Waals surface area contributed by atoms with Crippen LogP contribution in [0.1, 0.15) is 46.2 Å². The summed E-state index contributed by atoms with van der Waals surface area (Å²) in [6.07, 6.45) is -3.52. The van der Waals surface area contributed by atoms with Gasteiger partial charge in [-0.15, -0.1) is 5.10 Å². The summed E-state index contributed by atoms with van der Waals surface area (Å²) in [6.45, 7) is 1.20. The van der Waals surface area contributed by atoms with Crippen LogP contribution in [0.3, 0.4) is 0 Å². The van der Waals surface area contributed by atoms with Crippen LogP contribution in [0.5, 0.6) is 0 Å². The molecule has 1 amide bonds. The Morgan fingerprint density at radius 2 is 2.06 bits per heavy atom. The molecule has 0 aliphatic carbocycles. The van der Waals surface area contributed by atoms with Gasteiger partial charge in [0, 0.05) is 18.3 Å². The molecule has 1 aromatic carbocycles. The minimum atomic E-state index is -4.79. The van der Waals surface area contributed by atoms with Gasteiger partial charge < -0.3 is 10.4 Å². The summed E-state index contributed by atoms with van der Waals surface area (Å²) in [5, 5.41) is 14.7. The second-order valence-corrected chi connectivity index (χ2v) is 7.37. The zero-order chi connectivity index (χ0) is 23.9. The van der Waals surface area contributed by atoms with Gasteiger partial charge in [0.1, 0.15) is 11.7 Å². The molecule has 8 nitrogen and oxygen atoms in total. The smallest absolute Gasteiger partial charge is 0.395 e. The summed E-state index contributed by atoms with van der Waals surface area (Å²) in [4.78, 5) is 24.8. The van der Waals surface area contributed by atoms with Crippen molar-refractivity contribution in [2.24, 2.45) is 4.99 Å². The van der Waals surface area contributed by atoms with Crippen LogP contribution in [0.25, 0.3) is 5.69 Å². The largest absolute Gasteiger partial charge is 0.417 e. The molecule has 172 valence electrons. The van der Waals surface area contributed by atoms with Crippen molar-refractivity contribution in [1.29, 1.82) is 0 Å². The highest BCUT2D eigenvalue weighted by Gasteiger charge is 2.38. The van der Waals surface area contributed by atoms with Gasteiger partial charge in [0.25, 0.3) is 5.91 Å². The number of pyridine rings is 1. The van der Waals surface area contributed by atoms with Gasteiger partial charge in [-0.25, -0.2) is 14.1 Å². The number of amides is 1. The lowest BCUT2D eigenvalue weighted by molar-refractivity contribution is -0.137. The molecule has 2 N–H and O–H groups in total. The summed E-state index contributed by atoms with van der Waals surface area (Å²) < 4.78 is 56.6. The maximum Gasteiger partial charge on any atom is 0.417 e. The maximum absolute atomic E-state index is 14.6. The van der Waals surface area contributed by atoms with Crippen LogP contribution >= 0.6 is 11.6 Å². The normalized spacial score (nSPS) is 15.4. The van der Waals surface area contributed by atoms with Crippen molar-refractivity contribution in [2.75, 3.05) is 13.2 Å². The summed E-state index contributed by atoms with van der Waals surface area (Å²) >= 11 is 6.21. The van der Waals surface area contributed by atoms with E-state index in [2.05, 4.69) is 25.4 Å². The molecule has 0 radical (unpaired) electrons. The van der Waals surface area contributed by atoms with Crippen molar-refractivity contribution in [2.45, 2.75) is 19.1 Å². The molecular formula is C20H15ClF4N6O2. The number of fused-ring (bicyclic) bond motifs is 3. The number of carbonyl (C=O) groups is 1. The summed E-state index contributed by atoms with van der Waals surface area (Å²) in [7, 11) is 0. The first-order valence-electron chi connectivity index (χ1n) is 9.58. The van der Waals surface area contributed by atoms with Crippen LogP contribution in [-0.4, -0.2) is 49.6 Å². The Labute approximate surface area is 189 Å². The molecule has 3 aromatic rings. The summed E-state index contributed by atoms with van der Waals surface area (Å²) in [6, 6.07) is 3.44. The minimum absolute atomic E-state index is 0.0184. The number of nitrogens with one attached hydrogen (secondary N) is 1. The molecule has 0 saturated heterocycles. The third-order valence-electron chi connectivity index (χ3n) is 4.80. The highest BCUT2D eigenvalue weighted by molar-refractivity contribution is 6.37. The van der Waals surface area contributed by atoms with Gasteiger partial charge in [0.05, 0.1) is 28.6 Å². The van der Waals surface area contributed by atoms with Gasteiger partial charge in [-0.05, 0) is 31.2 Å². The van der Waals surface area contributed by atoms with Crippen molar-refractivity contribution in [1.82, 2.24) is 25.1 Å². The number of nitrogens with zero attached hydrogens (tertiary/aromatic N) is 5. The van der Waals surface area contributed by atoms with Crippen LogP contribution in [0, 0.1) is 5.82 Å². The van der Waals surface area contributed by atoms with E-state index in [1.54, 1.807) is 6.92 Å².